The lowest BCUT2D eigenvalue weighted by molar-refractivity contribution is 0.0935. The number of hydrogen-bond acceptors (Lipinski definition) is 3. The molecule has 26 heavy (non-hydrogen) atoms. The third-order valence-electron chi connectivity index (χ3n) is 5.09. The van der Waals surface area contributed by atoms with Crippen LogP contribution in [0.4, 0.5) is 5.69 Å². The molecule has 6 nitrogen and oxygen atoms in total. The number of carbonyl (C=O) groups is 2. The average molecular weight is 352 g/mol. The normalized spacial score (nSPS) is 16.1. The summed E-state index contributed by atoms with van der Waals surface area (Å²) in [4.78, 5) is 29.9. The van der Waals surface area contributed by atoms with Gasteiger partial charge in [0.25, 0.3) is 11.8 Å². The van der Waals surface area contributed by atoms with Gasteiger partial charge in [-0.05, 0) is 63.1 Å². The lowest BCUT2D eigenvalue weighted by atomic mass is 10.1. The van der Waals surface area contributed by atoms with E-state index < -0.39 is 0 Å². The molecule has 1 saturated carbocycles. The zero-order valence-electron chi connectivity index (χ0n) is 15.3. The second-order valence-corrected chi connectivity index (χ2v) is 7.36. The van der Waals surface area contributed by atoms with Gasteiger partial charge in [-0.1, -0.05) is 12.1 Å². The van der Waals surface area contributed by atoms with Gasteiger partial charge in [0, 0.05) is 18.3 Å². The molecule has 0 spiro atoms. The third-order valence-corrected chi connectivity index (χ3v) is 5.09. The SMILES string of the molecule is Cc1ccc(C)c(NC(=O)c2nc(C(=O)NC3CC3)n3c2CCCC3)c1. The number of nitrogens with zero attached hydrogens (tertiary/aromatic N) is 2. The summed E-state index contributed by atoms with van der Waals surface area (Å²) < 4.78 is 1.93. The zero-order chi connectivity index (χ0) is 18.3. The summed E-state index contributed by atoms with van der Waals surface area (Å²) in [7, 11) is 0. The molecule has 0 saturated heterocycles. The number of aryl methyl sites for hydroxylation is 2. The molecule has 2 N–H and O–H groups in total. The van der Waals surface area contributed by atoms with Crippen LogP contribution in [-0.4, -0.2) is 27.4 Å². The third kappa shape index (κ3) is 3.23. The number of carbonyl (C=O) groups excluding carboxylic acids is 2. The first-order valence-corrected chi connectivity index (χ1v) is 9.32. The van der Waals surface area contributed by atoms with Crippen LogP contribution < -0.4 is 10.6 Å². The Balaban J connectivity index is 1.64. The number of rotatable bonds is 4. The molecule has 1 fully saturated rings. The zero-order valence-corrected chi connectivity index (χ0v) is 15.3. The highest BCUT2D eigenvalue weighted by Gasteiger charge is 2.30. The van der Waals surface area contributed by atoms with Gasteiger partial charge in [0.1, 0.15) is 0 Å². The lowest BCUT2D eigenvalue weighted by Gasteiger charge is -2.17. The lowest BCUT2D eigenvalue weighted by Crippen LogP contribution is -2.29. The van der Waals surface area contributed by atoms with E-state index in [2.05, 4.69) is 15.6 Å². The van der Waals surface area contributed by atoms with Crippen LogP contribution in [0.3, 0.4) is 0 Å². The number of benzene rings is 1. The second kappa shape index (κ2) is 6.59. The minimum Gasteiger partial charge on any atom is -0.347 e. The maximum absolute atomic E-state index is 12.9. The van der Waals surface area contributed by atoms with Gasteiger partial charge in [0.15, 0.2) is 11.5 Å². The molecule has 2 aliphatic rings. The smallest absolute Gasteiger partial charge is 0.287 e. The van der Waals surface area contributed by atoms with E-state index >= 15 is 0 Å². The Bertz CT molecular complexity index is 880. The summed E-state index contributed by atoms with van der Waals surface area (Å²) in [6, 6.07) is 6.23. The monoisotopic (exact) mass is 352 g/mol. The van der Waals surface area contributed by atoms with E-state index in [-0.39, 0.29) is 17.9 Å². The molecule has 1 aliphatic carbocycles. The highest BCUT2D eigenvalue weighted by atomic mass is 16.2. The van der Waals surface area contributed by atoms with Gasteiger partial charge in [0.2, 0.25) is 0 Å². The maximum atomic E-state index is 12.9. The first kappa shape index (κ1) is 16.8. The van der Waals surface area contributed by atoms with E-state index in [1.165, 1.54) is 0 Å². The summed E-state index contributed by atoms with van der Waals surface area (Å²) in [5.74, 6) is -0.0334. The number of amides is 2. The van der Waals surface area contributed by atoms with Gasteiger partial charge in [-0.3, -0.25) is 9.59 Å². The van der Waals surface area contributed by atoms with Crippen LogP contribution >= 0.6 is 0 Å². The predicted molar refractivity (Wildman–Crippen MR) is 99.5 cm³/mol. The van der Waals surface area contributed by atoms with Crippen molar-refractivity contribution in [2.45, 2.75) is 58.5 Å². The van der Waals surface area contributed by atoms with E-state index in [0.717, 1.165) is 61.2 Å². The maximum Gasteiger partial charge on any atom is 0.287 e. The Labute approximate surface area is 153 Å². The summed E-state index contributed by atoms with van der Waals surface area (Å²) in [5.41, 5.74) is 4.13. The molecule has 2 aromatic rings. The number of nitrogens with one attached hydrogen (secondary N) is 2. The van der Waals surface area contributed by atoms with Crippen LogP contribution in [0.1, 0.15) is 63.6 Å². The summed E-state index contributed by atoms with van der Waals surface area (Å²) in [6.45, 7) is 4.70. The highest BCUT2D eigenvalue weighted by molar-refractivity contribution is 6.05. The molecule has 0 radical (unpaired) electrons. The van der Waals surface area contributed by atoms with E-state index in [0.29, 0.717) is 11.5 Å². The topological polar surface area (TPSA) is 76.0 Å². The van der Waals surface area contributed by atoms with Crippen molar-refractivity contribution in [2.24, 2.45) is 0 Å². The quantitative estimate of drug-likeness (QED) is 0.888. The van der Waals surface area contributed by atoms with Crippen molar-refractivity contribution >= 4 is 17.5 Å². The fraction of sp³-hybridized carbons (Fsp3) is 0.450. The molecule has 136 valence electrons. The molecule has 1 aromatic carbocycles. The fourth-order valence-electron chi connectivity index (χ4n) is 3.43. The van der Waals surface area contributed by atoms with Gasteiger partial charge in [-0.25, -0.2) is 4.98 Å². The molecular formula is C20H24N4O2. The molecule has 4 rings (SSSR count). The van der Waals surface area contributed by atoms with E-state index in [4.69, 9.17) is 0 Å². The minimum absolute atomic E-state index is 0.165. The number of anilines is 1. The average Bonchev–Trinajstić information content (AvgIpc) is 3.34. The second-order valence-electron chi connectivity index (χ2n) is 7.36. The number of imidazole rings is 1. The van der Waals surface area contributed by atoms with Crippen LogP contribution in [0.15, 0.2) is 18.2 Å². The van der Waals surface area contributed by atoms with Gasteiger partial charge in [0.05, 0.1) is 5.69 Å². The molecule has 2 heterocycles. The van der Waals surface area contributed by atoms with Crippen molar-refractivity contribution < 1.29 is 9.59 Å². The van der Waals surface area contributed by atoms with Crippen molar-refractivity contribution in [1.82, 2.24) is 14.9 Å². The van der Waals surface area contributed by atoms with Crippen LogP contribution in [0.25, 0.3) is 0 Å². The highest BCUT2D eigenvalue weighted by Crippen LogP contribution is 2.25. The largest absolute Gasteiger partial charge is 0.347 e. The molecule has 1 aliphatic heterocycles. The Morgan fingerprint density at radius 2 is 1.96 bits per heavy atom. The minimum atomic E-state index is -0.241. The van der Waals surface area contributed by atoms with Crippen LogP contribution in [0, 0.1) is 13.8 Å². The van der Waals surface area contributed by atoms with Gasteiger partial charge >= 0.3 is 0 Å². The van der Waals surface area contributed by atoms with Crippen molar-refractivity contribution in [3.8, 4) is 0 Å². The number of aromatic nitrogens is 2. The van der Waals surface area contributed by atoms with E-state index in [1.54, 1.807) is 0 Å². The summed E-state index contributed by atoms with van der Waals surface area (Å²) in [5, 5.41) is 5.96. The van der Waals surface area contributed by atoms with Crippen LogP contribution in [-0.2, 0) is 13.0 Å². The van der Waals surface area contributed by atoms with Gasteiger partial charge < -0.3 is 15.2 Å². The van der Waals surface area contributed by atoms with Crippen molar-refractivity contribution in [3.63, 3.8) is 0 Å². The van der Waals surface area contributed by atoms with Crippen LogP contribution in [0.2, 0.25) is 0 Å². The molecule has 0 bridgehead atoms. The molecule has 2 amide bonds. The van der Waals surface area contributed by atoms with Gasteiger partial charge in [-0.15, -0.1) is 0 Å². The fourth-order valence-corrected chi connectivity index (χ4v) is 3.43. The summed E-state index contributed by atoms with van der Waals surface area (Å²) in [6.07, 6.45) is 4.85. The van der Waals surface area contributed by atoms with E-state index in [1.807, 2.05) is 36.6 Å². The number of hydrogen-bond donors (Lipinski definition) is 2. The molecule has 0 unspecified atom stereocenters. The Morgan fingerprint density at radius 1 is 1.15 bits per heavy atom. The van der Waals surface area contributed by atoms with E-state index in [9.17, 15) is 9.59 Å². The van der Waals surface area contributed by atoms with Gasteiger partial charge in [-0.2, -0.15) is 0 Å². The molecule has 0 atom stereocenters. The van der Waals surface area contributed by atoms with Crippen molar-refractivity contribution in [3.05, 3.63) is 46.5 Å². The molecule has 6 heteroatoms. The molecular weight excluding hydrogens is 328 g/mol. The Hall–Kier alpha value is -2.63. The predicted octanol–water partition coefficient (Wildman–Crippen LogP) is 2.98. The first-order valence-electron chi connectivity index (χ1n) is 9.32. The Morgan fingerprint density at radius 3 is 2.73 bits per heavy atom. The molecule has 1 aromatic heterocycles. The first-order chi connectivity index (χ1) is 12.5. The Kier molecular flexibility index (Phi) is 4.26. The standard InChI is InChI=1S/C20H24N4O2/c1-12-6-7-13(2)15(11-12)22-19(25)17-16-5-3-4-10-24(16)18(23-17)20(26)21-14-8-9-14/h6-7,11,14H,3-5,8-10H2,1-2H3,(H,21,26)(H,22,25). The van der Waals surface area contributed by atoms with Crippen molar-refractivity contribution in [2.75, 3.05) is 5.32 Å². The van der Waals surface area contributed by atoms with Crippen LogP contribution in [0.5, 0.6) is 0 Å². The van der Waals surface area contributed by atoms with Crippen molar-refractivity contribution in [1.29, 1.82) is 0 Å². The summed E-state index contributed by atoms with van der Waals surface area (Å²) >= 11 is 0. The number of fused-ring (bicyclic) bond motifs is 1.